The van der Waals surface area contributed by atoms with Gasteiger partial charge in [-0.15, -0.1) is 0 Å². The predicted octanol–water partition coefficient (Wildman–Crippen LogP) is -0.991. The number of carbonyl (C=O) groups is 2. The van der Waals surface area contributed by atoms with Crippen molar-refractivity contribution in [1.82, 2.24) is 5.32 Å². The fourth-order valence-corrected chi connectivity index (χ4v) is 2.78. The minimum Gasteiger partial charge on any atom is -0.478 e. The summed E-state index contributed by atoms with van der Waals surface area (Å²) in [6.07, 6.45) is -4.51. The number of hydrogen-bond donors (Lipinski definition) is 5. The summed E-state index contributed by atoms with van der Waals surface area (Å²) in [5.74, 6) is 3.27. The van der Waals surface area contributed by atoms with Gasteiger partial charge in [-0.2, -0.15) is 0 Å². The Kier molecular flexibility index (Phi) is 8.18. The number of amides is 1. The van der Waals surface area contributed by atoms with Crippen LogP contribution in [-0.2, 0) is 19.1 Å². The first-order valence-electron chi connectivity index (χ1n) is 8.85. The molecule has 1 amide bonds. The average Bonchev–Trinajstić information content (AvgIpc) is 2.71. The number of nitrogens with one attached hydrogen (secondary N) is 1. The highest BCUT2D eigenvalue weighted by Crippen LogP contribution is 2.24. The van der Waals surface area contributed by atoms with Gasteiger partial charge < -0.3 is 35.2 Å². The van der Waals surface area contributed by atoms with E-state index in [0.29, 0.717) is 0 Å². The summed E-state index contributed by atoms with van der Waals surface area (Å²) < 4.78 is 10.9. The molecular formula is C20H23NO8. The number of aliphatic hydroxyl groups excluding tert-OH is 3. The Hall–Kier alpha value is -2.90. The van der Waals surface area contributed by atoms with E-state index in [1.165, 1.54) is 6.92 Å². The lowest BCUT2D eigenvalue weighted by Crippen LogP contribution is -2.60. The van der Waals surface area contributed by atoms with Crippen molar-refractivity contribution >= 4 is 11.9 Å². The van der Waals surface area contributed by atoms with Gasteiger partial charge in [-0.3, -0.25) is 4.79 Å². The molecule has 0 spiro atoms. The molecular weight excluding hydrogens is 382 g/mol. The molecule has 1 heterocycles. The lowest BCUT2D eigenvalue weighted by atomic mass is 9.93. The minimum absolute atomic E-state index is 0.0928. The van der Waals surface area contributed by atoms with Crippen LogP contribution in [0, 0.1) is 11.8 Å². The maximum atomic E-state index is 11.6. The third kappa shape index (κ3) is 6.30. The largest absolute Gasteiger partial charge is 0.478 e. The van der Waals surface area contributed by atoms with Gasteiger partial charge >= 0.3 is 5.97 Å². The maximum absolute atomic E-state index is 11.6. The first kappa shape index (κ1) is 22.4. The Morgan fingerprint density at radius 2 is 1.97 bits per heavy atom. The molecule has 5 atom stereocenters. The summed E-state index contributed by atoms with van der Waals surface area (Å²) in [6, 6.07) is 8.11. The van der Waals surface area contributed by atoms with E-state index in [1.54, 1.807) is 0 Å². The molecule has 0 bridgehead atoms. The molecule has 5 N–H and O–H groups in total. The smallest absolute Gasteiger partial charge is 0.370 e. The normalized spacial score (nSPS) is 22.9. The van der Waals surface area contributed by atoms with Crippen molar-refractivity contribution in [3.05, 3.63) is 47.7 Å². The summed E-state index contributed by atoms with van der Waals surface area (Å²) in [5, 5.41) is 40.9. The van der Waals surface area contributed by atoms with Crippen molar-refractivity contribution in [1.29, 1.82) is 0 Å². The van der Waals surface area contributed by atoms with Crippen molar-refractivity contribution in [2.75, 3.05) is 13.2 Å². The Bertz CT molecular complexity index is 798. The number of carboxylic acid groups (broad SMARTS) is 1. The number of aliphatic hydroxyl groups is 3. The molecule has 0 saturated carbocycles. The SMILES string of the molecule is CC(=O)N[C@H]1[C@H]([C@H](O)[C@H](O)CO)OC(C(=O)O)=C[C@@H]1OCC#Cc1ccccc1. The van der Waals surface area contributed by atoms with E-state index in [4.69, 9.17) is 14.6 Å². The van der Waals surface area contributed by atoms with E-state index in [2.05, 4.69) is 17.2 Å². The van der Waals surface area contributed by atoms with Gasteiger partial charge in [-0.1, -0.05) is 30.0 Å². The van der Waals surface area contributed by atoms with Gasteiger partial charge in [0.2, 0.25) is 11.7 Å². The van der Waals surface area contributed by atoms with E-state index in [0.717, 1.165) is 11.6 Å². The number of aliphatic carboxylic acids is 1. The molecule has 0 aliphatic carbocycles. The van der Waals surface area contributed by atoms with E-state index in [1.807, 2.05) is 30.3 Å². The predicted molar refractivity (Wildman–Crippen MR) is 100 cm³/mol. The molecule has 0 fully saturated rings. The summed E-state index contributed by atoms with van der Waals surface area (Å²) >= 11 is 0. The van der Waals surface area contributed by atoms with E-state index < -0.39 is 54.7 Å². The van der Waals surface area contributed by atoms with Gasteiger partial charge in [0.1, 0.15) is 24.9 Å². The van der Waals surface area contributed by atoms with E-state index in [-0.39, 0.29) is 6.61 Å². The molecule has 2 rings (SSSR count). The van der Waals surface area contributed by atoms with Gasteiger partial charge in [0.25, 0.3) is 0 Å². The first-order valence-corrected chi connectivity index (χ1v) is 8.85. The van der Waals surface area contributed by atoms with Crippen LogP contribution in [0.1, 0.15) is 12.5 Å². The molecule has 0 unspecified atom stereocenters. The van der Waals surface area contributed by atoms with Crippen LogP contribution in [0.15, 0.2) is 42.2 Å². The molecule has 29 heavy (non-hydrogen) atoms. The third-order valence-corrected chi connectivity index (χ3v) is 4.14. The number of ether oxygens (including phenoxy) is 2. The molecule has 1 aromatic carbocycles. The quantitative estimate of drug-likeness (QED) is 0.364. The number of rotatable bonds is 7. The topological polar surface area (TPSA) is 146 Å². The number of carboxylic acids is 1. The van der Waals surface area contributed by atoms with Gasteiger partial charge in [-0.25, -0.2) is 4.79 Å². The second kappa shape index (κ2) is 10.6. The van der Waals surface area contributed by atoms with Crippen LogP contribution in [0.5, 0.6) is 0 Å². The standard InChI is InChI=1S/C20H23NO8/c1-12(23)21-17-15(28-9-5-8-13-6-3-2-4-7-13)10-16(20(26)27)29-19(17)18(25)14(24)11-22/h2-4,6-7,10,14-15,17-19,22,24-25H,9,11H2,1H3,(H,21,23)(H,26,27)/t14-,15+,17-,18-,19-/m1/s1. The molecule has 0 radical (unpaired) electrons. The fraction of sp³-hybridized carbons (Fsp3) is 0.400. The molecule has 1 aliphatic rings. The van der Waals surface area contributed by atoms with Crippen LogP contribution in [0.25, 0.3) is 0 Å². The zero-order valence-corrected chi connectivity index (χ0v) is 15.7. The highest BCUT2D eigenvalue weighted by atomic mass is 16.5. The van der Waals surface area contributed by atoms with Gasteiger partial charge in [0.15, 0.2) is 6.10 Å². The van der Waals surface area contributed by atoms with Crippen LogP contribution in [0.4, 0.5) is 0 Å². The molecule has 0 aromatic heterocycles. The molecule has 9 nitrogen and oxygen atoms in total. The second-order valence-electron chi connectivity index (χ2n) is 6.33. The molecule has 0 saturated heterocycles. The van der Waals surface area contributed by atoms with Gasteiger partial charge in [-0.05, 0) is 18.2 Å². The van der Waals surface area contributed by atoms with Crippen molar-refractivity contribution in [2.45, 2.75) is 37.4 Å². The zero-order valence-electron chi connectivity index (χ0n) is 15.7. The number of carbonyl (C=O) groups excluding carboxylic acids is 1. The van der Waals surface area contributed by atoms with E-state index >= 15 is 0 Å². The van der Waals surface area contributed by atoms with Crippen LogP contribution in [0.2, 0.25) is 0 Å². The van der Waals surface area contributed by atoms with Crippen molar-refractivity contribution < 1.29 is 39.5 Å². The van der Waals surface area contributed by atoms with Crippen LogP contribution in [0.3, 0.4) is 0 Å². The zero-order chi connectivity index (χ0) is 21.4. The number of hydrogen-bond acceptors (Lipinski definition) is 7. The van der Waals surface area contributed by atoms with Crippen molar-refractivity contribution in [2.24, 2.45) is 0 Å². The summed E-state index contributed by atoms with van der Waals surface area (Å²) in [5.41, 5.74) is 0.766. The Morgan fingerprint density at radius 3 is 2.55 bits per heavy atom. The molecule has 156 valence electrons. The summed E-state index contributed by atoms with van der Waals surface area (Å²) in [4.78, 5) is 23.0. The molecule has 1 aliphatic heterocycles. The van der Waals surface area contributed by atoms with Gasteiger partial charge in [0, 0.05) is 12.5 Å². The average molecular weight is 405 g/mol. The molecule has 1 aromatic rings. The van der Waals surface area contributed by atoms with Gasteiger partial charge in [0.05, 0.1) is 12.6 Å². The first-order chi connectivity index (χ1) is 13.8. The summed E-state index contributed by atoms with van der Waals surface area (Å²) in [7, 11) is 0. The maximum Gasteiger partial charge on any atom is 0.370 e. The van der Waals surface area contributed by atoms with Crippen LogP contribution >= 0.6 is 0 Å². The lowest BCUT2D eigenvalue weighted by molar-refractivity contribution is -0.151. The Morgan fingerprint density at radius 1 is 1.28 bits per heavy atom. The Labute approximate surface area is 167 Å². The second-order valence-corrected chi connectivity index (χ2v) is 6.33. The third-order valence-electron chi connectivity index (χ3n) is 4.14. The highest BCUT2D eigenvalue weighted by Gasteiger charge is 2.44. The number of benzene rings is 1. The fourth-order valence-electron chi connectivity index (χ4n) is 2.78. The summed E-state index contributed by atoms with van der Waals surface area (Å²) in [6.45, 7) is 0.354. The Balaban J connectivity index is 2.23. The van der Waals surface area contributed by atoms with E-state index in [9.17, 15) is 24.9 Å². The highest BCUT2D eigenvalue weighted by molar-refractivity contribution is 5.84. The van der Waals surface area contributed by atoms with Crippen LogP contribution < -0.4 is 5.32 Å². The minimum atomic E-state index is -1.68. The lowest BCUT2D eigenvalue weighted by Gasteiger charge is -2.39. The molecule has 9 heteroatoms. The van der Waals surface area contributed by atoms with Crippen molar-refractivity contribution in [3.63, 3.8) is 0 Å². The van der Waals surface area contributed by atoms with Crippen molar-refractivity contribution in [3.8, 4) is 11.8 Å². The monoisotopic (exact) mass is 405 g/mol. The van der Waals surface area contributed by atoms with Crippen LogP contribution in [-0.4, -0.2) is 76.0 Å².